The van der Waals surface area contributed by atoms with E-state index in [1.807, 2.05) is 48.2 Å². The zero-order valence-corrected chi connectivity index (χ0v) is 19.1. The normalized spacial score (nSPS) is 16.4. The van der Waals surface area contributed by atoms with Crippen molar-refractivity contribution in [3.8, 4) is 0 Å². The van der Waals surface area contributed by atoms with Crippen LogP contribution in [0, 0.1) is 13.8 Å². The Morgan fingerprint density at radius 3 is 2.84 bits per heavy atom. The van der Waals surface area contributed by atoms with Crippen molar-refractivity contribution in [2.45, 2.75) is 26.4 Å². The summed E-state index contributed by atoms with van der Waals surface area (Å²) in [4.78, 5) is 24.4. The van der Waals surface area contributed by atoms with Gasteiger partial charge < -0.3 is 9.64 Å². The van der Waals surface area contributed by atoms with Gasteiger partial charge in [0.1, 0.15) is 6.10 Å². The summed E-state index contributed by atoms with van der Waals surface area (Å²) in [5, 5.41) is 1.01. The highest BCUT2D eigenvalue weighted by Gasteiger charge is 2.27. The lowest BCUT2D eigenvalue weighted by atomic mass is 10.0. The molecule has 2 aromatic carbocycles. The Hall–Kier alpha value is -3.09. The van der Waals surface area contributed by atoms with Crippen molar-refractivity contribution in [3.63, 3.8) is 0 Å². The molecule has 1 unspecified atom stereocenters. The van der Waals surface area contributed by atoms with Gasteiger partial charge in [-0.05, 0) is 55.3 Å². The first-order valence-electron chi connectivity index (χ1n) is 10.9. The molecule has 0 spiro atoms. The third kappa shape index (κ3) is 4.29. The number of rotatable bonds is 4. The number of fused-ring (bicyclic) bond motifs is 1. The van der Waals surface area contributed by atoms with E-state index in [9.17, 15) is 4.79 Å². The van der Waals surface area contributed by atoms with Crippen molar-refractivity contribution in [2.24, 2.45) is 0 Å². The van der Waals surface area contributed by atoms with Gasteiger partial charge in [0.2, 0.25) is 0 Å². The Morgan fingerprint density at radius 1 is 1.09 bits per heavy atom. The first-order valence-corrected chi connectivity index (χ1v) is 11.7. The second-order valence-corrected chi connectivity index (χ2v) is 9.42. The summed E-state index contributed by atoms with van der Waals surface area (Å²) >= 11 is 1.61. The van der Waals surface area contributed by atoms with Gasteiger partial charge in [-0.1, -0.05) is 30.3 Å². The van der Waals surface area contributed by atoms with Crippen molar-refractivity contribution < 1.29 is 9.53 Å². The molecule has 3 heterocycles. The van der Waals surface area contributed by atoms with E-state index in [4.69, 9.17) is 9.72 Å². The van der Waals surface area contributed by atoms with Gasteiger partial charge >= 0.3 is 0 Å². The standard InChI is InChI=1S/C26H25N3O2S/c1-17-6-3-4-7-19(17)14-21-8-5-9-22(28-21)24-16-29(12-13-31-24)26(30)20-10-11-23-25(15-20)32-18(2)27-23/h3-11,15,24H,12-14,16H2,1-2H3. The summed E-state index contributed by atoms with van der Waals surface area (Å²) in [6.45, 7) is 5.69. The average molecular weight is 444 g/mol. The lowest BCUT2D eigenvalue weighted by molar-refractivity contribution is -0.0247. The van der Waals surface area contributed by atoms with Gasteiger partial charge in [0.15, 0.2) is 0 Å². The zero-order valence-electron chi connectivity index (χ0n) is 18.2. The molecule has 1 fully saturated rings. The first kappa shape index (κ1) is 20.8. The highest BCUT2D eigenvalue weighted by Crippen LogP contribution is 2.26. The quantitative estimate of drug-likeness (QED) is 0.440. The van der Waals surface area contributed by atoms with Crippen LogP contribution in [-0.2, 0) is 11.2 Å². The molecule has 0 radical (unpaired) electrons. The molecular formula is C26H25N3O2S. The summed E-state index contributed by atoms with van der Waals surface area (Å²) in [6.07, 6.45) is 0.559. The third-order valence-electron chi connectivity index (χ3n) is 5.89. The number of benzene rings is 2. The number of nitrogens with zero attached hydrogens (tertiary/aromatic N) is 3. The van der Waals surface area contributed by atoms with E-state index in [0.29, 0.717) is 25.3 Å². The minimum absolute atomic E-state index is 0.0299. The van der Waals surface area contributed by atoms with E-state index in [-0.39, 0.29) is 12.0 Å². The largest absolute Gasteiger partial charge is 0.368 e. The Balaban J connectivity index is 1.33. The molecule has 1 saturated heterocycles. The number of amides is 1. The molecule has 1 amide bonds. The van der Waals surface area contributed by atoms with Crippen LogP contribution in [0.3, 0.4) is 0 Å². The monoisotopic (exact) mass is 443 g/mol. The number of pyridine rings is 1. The van der Waals surface area contributed by atoms with Crippen LogP contribution in [0.25, 0.3) is 10.2 Å². The summed E-state index contributed by atoms with van der Waals surface area (Å²) in [7, 11) is 0. The Kier molecular flexibility index (Phi) is 5.72. The van der Waals surface area contributed by atoms with E-state index < -0.39 is 0 Å². The van der Waals surface area contributed by atoms with Crippen molar-refractivity contribution >= 4 is 27.5 Å². The molecule has 1 aliphatic rings. The summed E-state index contributed by atoms with van der Waals surface area (Å²) in [5.74, 6) is 0.0299. The number of aromatic nitrogens is 2. The van der Waals surface area contributed by atoms with Gasteiger partial charge in [-0.15, -0.1) is 11.3 Å². The van der Waals surface area contributed by atoms with Gasteiger partial charge in [-0.2, -0.15) is 0 Å². The zero-order chi connectivity index (χ0) is 22.1. The molecule has 0 bridgehead atoms. The molecule has 5 rings (SSSR count). The van der Waals surface area contributed by atoms with E-state index in [0.717, 1.165) is 33.0 Å². The van der Waals surface area contributed by atoms with Crippen LogP contribution < -0.4 is 0 Å². The van der Waals surface area contributed by atoms with Crippen LogP contribution in [-0.4, -0.2) is 40.5 Å². The number of hydrogen-bond acceptors (Lipinski definition) is 5. The highest BCUT2D eigenvalue weighted by atomic mass is 32.1. The number of morpholine rings is 1. The summed E-state index contributed by atoms with van der Waals surface area (Å²) < 4.78 is 7.06. The molecule has 1 atom stereocenters. The van der Waals surface area contributed by atoms with E-state index in [2.05, 4.69) is 36.2 Å². The highest BCUT2D eigenvalue weighted by molar-refractivity contribution is 7.18. The molecule has 0 aliphatic carbocycles. The minimum Gasteiger partial charge on any atom is -0.368 e. The summed E-state index contributed by atoms with van der Waals surface area (Å²) in [5.41, 5.74) is 6.06. The molecule has 6 heteroatoms. The van der Waals surface area contributed by atoms with Gasteiger partial charge in [-0.25, -0.2) is 4.98 Å². The fourth-order valence-electron chi connectivity index (χ4n) is 4.15. The maximum atomic E-state index is 13.2. The Bertz CT molecular complexity index is 1280. The number of aryl methyl sites for hydroxylation is 2. The van der Waals surface area contributed by atoms with Gasteiger partial charge in [0.05, 0.1) is 34.1 Å². The SMILES string of the molecule is Cc1nc2ccc(C(=O)N3CCOC(c4cccc(Cc5ccccc5C)n4)C3)cc2s1. The van der Waals surface area contributed by atoms with Crippen LogP contribution in [0.5, 0.6) is 0 Å². The van der Waals surface area contributed by atoms with Gasteiger partial charge in [0, 0.05) is 24.2 Å². The fraction of sp³-hybridized carbons (Fsp3) is 0.269. The number of thiazole rings is 1. The number of hydrogen-bond donors (Lipinski definition) is 0. The van der Waals surface area contributed by atoms with E-state index >= 15 is 0 Å². The summed E-state index contributed by atoms with van der Waals surface area (Å²) in [6, 6.07) is 20.2. The van der Waals surface area contributed by atoms with Crippen molar-refractivity contribution in [1.29, 1.82) is 0 Å². The van der Waals surface area contributed by atoms with E-state index in [1.54, 1.807) is 11.3 Å². The lowest BCUT2D eigenvalue weighted by Crippen LogP contribution is -2.42. The second kappa shape index (κ2) is 8.81. The lowest BCUT2D eigenvalue weighted by Gasteiger charge is -2.33. The van der Waals surface area contributed by atoms with Gasteiger partial charge in [-0.3, -0.25) is 9.78 Å². The molecule has 162 valence electrons. The third-order valence-corrected chi connectivity index (χ3v) is 6.82. The van der Waals surface area contributed by atoms with Gasteiger partial charge in [0.25, 0.3) is 5.91 Å². The Labute approximate surface area is 191 Å². The Morgan fingerprint density at radius 2 is 1.97 bits per heavy atom. The molecule has 0 N–H and O–H groups in total. The van der Waals surface area contributed by atoms with Crippen LogP contribution in [0.15, 0.2) is 60.7 Å². The van der Waals surface area contributed by atoms with Crippen LogP contribution in [0.1, 0.15) is 44.0 Å². The smallest absolute Gasteiger partial charge is 0.254 e. The predicted molar refractivity (Wildman–Crippen MR) is 127 cm³/mol. The molecule has 5 nitrogen and oxygen atoms in total. The van der Waals surface area contributed by atoms with Crippen molar-refractivity contribution in [3.05, 3.63) is 93.7 Å². The van der Waals surface area contributed by atoms with Crippen molar-refractivity contribution in [2.75, 3.05) is 19.7 Å². The van der Waals surface area contributed by atoms with Crippen molar-refractivity contribution in [1.82, 2.24) is 14.9 Å². The first-order chi connectivity index (χ1) is 15.6. The maximum absolute atomic E-state index is 13.2. The minimum atomic E-state index is -0.223. The molecule has 4 aromatic rings. The second-order valence-electron chi connectivity index (χ2n) is 8.18. The average Bonchev–Trinajstić information content (AvgIpc) is 3.19. The fourth-order valence-corrected chi connectivity index (χ4v) is 5.01. The molecule has 32 heavy (non-hydrogen) atoms. The number of carbonyl (C=O) groups is 1. The number of carbonyl (C=O) groups excluding carboxylic acids is 1. The van der Waals surface area contributed by atoms with E-state index in [1.165, 1.54) is 11.1 Å². The molecular weight excluding hydrogens is 418 g/mol. The maximum Gasteiger partial charge on any atom is 0.254 e. The van der Waals surface area contributed by atoms with Crippen LogP contribution >= 0.6 is 11.3 Å². The number of ether oxygens (including phenoxy) is 1. The topological polar surface area (TPSA) is 55.3 Å². The predicted octanol–water partition coefficient (Wildman–Crippen LogP) is 5.11. The van der Waals surface area contributed by atoms with Crippen LogP contribution in [0.4, 0.5) is 0 Å². The molecule has 2 aromatic heterocycles. The molecule has 1 aliphatic heterocycles. The molecule has 0 saturated carbocycles. The van der Waals surface area contributed by atoms with Crippen LogP contribution in [0.2, 0.25) is 0 Å².